The van der Waals surface area contributed by atoms with Crippen LogP contribution in [0.3, 0.4) is 0 Å². The minimum absolute atomic E-state index is 0.116. The fourth-order valence-corrected chi connectivity index (χ4v) is 6.71. The summed E-state index contributed by atoms with van der Waals surface area (Å²) < 4.78 is 14.7. The molecule has 9 nitrogen and oxygen atoms in total. The van der Waals surface area contributed by atoms with Crippen molar-refractivity contribution in [2.75, 3.05) is 40.9 Å². The van der Waals surface area contributed by atoms with Crippen molar-refractivity contribution in [2.45, 2.75) is 77.7 Å². The molecule has 0 aliphatic rings. The van der Waals surface area contributed by atoms with Crippen LogP contribution < -0.4 is 14.6 Å². The number of carbonyl (C=O) groups is 1. The van der Waals surface area contributed by atoms with Crippen molar-refractivity contribution in [1.82, 2.24) is 14.5 Å². The third kappa shape index (κ3) is 12.1. The second-order valence-corrected chi connectivity index (χ2v) is 17.8. The zero-order valence-electron chi connectivity index (χ0n) is 33.0. The number of aliphatic carboxylic acids is 1. The van der Waals surface area contributed by atoms with E-state index in [2.05, 4.69) is 92.8 Å². The predicted molar refractivity (Wildman–Crippen MR) is 213 cm³/mol. The first-order valence-corrected chi connectivity index (χ1v) is 18.9. The summed E-state index contributed by atoms with van der Waals surface area (Å²) in [4.78, 5) is 22.2. The number of hydrogen-bond donors (Lipinski definition) is 1. The van der Waals surface area contributed by atoms with Crippen LogP contribution in [0.1, 0.15) is 64.1 Å². The van der Waals surface area contributed by atoms with Crippen LogP contribution in [-0.2, 0) is 24.4 Å². The van der Waals surface area contributed by atoms with E-state index in [0.717, 1.165) is 66.2 Å². The molecule has 0 amide bonds. The lowest BCUT2D eigenvalue weighted by atomic mass is 9.88. The van der Waals surface area contributed by atoms with Crippen molar-refractivity contribution in [2.24, 2.45) is 5.41 Å². The van der Waals surface area contributed by atoms with Gasteiger partial charge >= 0.3 is 0 Å². The standard InChI is InChI=1S/C38H43N3O4S.C5H14NO/c1-8-44-34-18-14-28(22-40-34)27-12-10-26(11-13-27)23-41-32-17-16-30(45-24-29-15-9-25(2)21-39-29)19-31(32)35(46-37(3,4)5)33(41)20-38(6,7)36(42)43;1-6(2,3)4-5-7/h9-19,21-22H,8,20,23-24H2,1-7H3,(H,42,43);7H,4-5H2,1-3H3/q;+1/p-1. The van der Waals surface area contributed by atoms with Crippen LogP contribution >= 0.6 is 11.8 Å². The zero-order valence-corrected chi connectivity index (χ0v) is 33.8. The Morgan fingerprint density at radius 3 is 2.13 bits per heavy atom. The average Bonchev–Trinajstić information content (AvgIpc) is 3.34. The van der Waals surface area contributed by atoms with E-state index in [1.807, 2.05) is 56.6 Å². The van der Waals surface area contributed by atoms with Gasteiger partial charge in [0.1, 0.15) is 18.9 Å². The van der Waals surface area contributed by atoms with Crippen LogP contribution in [0.15, 0.2) is 84.0 Å². The van der Waals surface area contributed by atoms with E-state index < -0.39 is 11.4 Å². The summed E-state index contributed by atoms with van der Waals surface area (Å²) in [5, 5.41) is 21.7. The monoisotopic (exact) mass is 740 g/mol. The number of hydrogen-bond acceptors (Lipinski definition) is 8. The van der Waals surface area contributed by atoms with Crippen molar-refractivity contribution >= 4 is 28.6 Å². The summed E-state index contributed by atoms with van der Waals surface area (Å²) in [6.45, 7) is 16.6. The molecule has 284 valence electrons. The second kappa shape index (κ2) is 17.6. The molecular formula is C43H56N4O5S. The summed E-state index contributed by atoms with van der Waals surface area (Å²) in [5.41, 5.74) is 6.06. The Bertz CT molecular complexity index is 1940. The number of thioether (sulfide) groups is 1. The number of likely N-dealkylation sites (N-methyl/N-ethyl adjacent to an activating group) is 1. The first kappa shape index (κ1) is 41.4. The van der Waals surface area contributed by atoms with Gasteiger partial charge in [0.15, 0.2) is 0 Å². The smallest absolute Gasteiger partial charge is 0.213 e. The molecule has 3 aromatic heterocycles. The van der Waals surface area contributed by atoms with Gasteiger partial charge in [-0.05, 0) is 67.3 Å². The Hall–Kier alpha value is -4.38. The van der Waals surface area contributed by atoms with Crippen molar-refractivity contribution in [3.63, 3.8) is 0 Å². The molecule has 5 rings (SSSR count). The fraction of sp³-hybridized carbons (Fsp3) is 0.419. The quantitative estimate of drug-likeness (QED) is 0.0932. The molecule has 0 bridgehead atoms. The van der Waals surface area contributed by atoms with Crippen LogP contribution in [0.25, 0.3) is 22.0 Å². The van der Waals surface area contributed by atoms with E-state index in [9.17, 15) is 9.90 Å². The predicted octanol–water partition coefficient (Wildman–Crippen LogP) is 7.33. The normalized spacial score (nSPS) is 12.0. The lowest BCUT2D eigenvalue weighted by Crippen LogP contribution is -2.40. The molecular weight excluding hydrogens is 685 g/mol. The highest BCUT2D eigenvalue weighted by molar-refractivity contribution is 8.00. The molecule has 53 heavy (non-hydrogen) atoms. The first-order valence-electron chi connectivity index (χ1n) is 18.1. The molecule has 0 unspecified atom stereocenters. The Balaban J connectivity index is 0.000000815. The van der Waals surface area contributed by atoms with Gasteiger partial charge in [-0.2, -0.15) is 0 Å². The van der Waals surface area contributed by atoms with E-state index in [4.69, 9.17) is 14.6 Å². The number of carbonyl (C=O) groups excluding carboxylic acids is 1. The maximum absolute atomic E-state index is 12.3. The van der Waals surface area contributed by atoms with Gasteiger partial charge in [0, 0.05) is 68.2 Å². The van der Waals surface area contributed by atoms with Gasteiger partial charge in [-0.3, -0.25) is 4.98 Å². The molecule has 0 spiro atoms. The van der Waals surface area contributed by atoms with Gasteiger partial charge in [-0.25, -0.2) is 4.98 Å². The minimum atomic E-state index is -1.07. The molecule has 2 aromatic carbocycles. The number of aryl methyl sites for hydroxylation is 1. The number of quaternary nitrogens is 1. The number of benzene rings is 2. The maximum Gasteiger partial charge on any atom is 0.213 e. The highest BCUT2D eigenvalue weighted by Gasteiger charge is 2.29. The van der Waals surface area contributed by atoms with Crippen LogP contribution in [0.2, 0.25) is 0 Å². The van der Waals surface area contributed by atoms with E-state index in [0.29, 0.717) is 32.1 Å². The van der Waals surface area contributed by atoms with Crippen LogP contribution in [0.5, 0.6) is 11.6 Å². The number of carboxylic acids is 1. The molecule has 0 saturated heterocycles. The molecule has 0 aliphatic carbocycles. The number of nitrogens with zero attached hydrogens (tertiary/aromatic N) is 4. The topological polar surface area (TPSA) is 110 Å². The van der Waals surface area contributed by atoms with Crippen molar-refractivity contribution in [3.8, 4) is 22.8 Å². The third-order valence-corrected chi connectivity index (χ3v) is 9.72. The van der Waals surface area contributed by atoms with Gasteiger partial charge in [0.2, 0.25) is 5.88 Å². The maximum atomic E-state index is 12.3. The number of aliphatic hydroxyl groups excluding tert-OH is 1. The third-order valence-electron chi connectivity index (χ3n) is 8.45. The van der Waals surface area contributed by atoms with Crippen molar-refractivity contribution < 1.29 is 29.0 Å². The van der Waals surface area contributed by atoms with Gasteiger partial charge < -0.3 is 33.5 Å². The number of fused-ring (bicyclic) bond motifs is 1. The Kier molecular flexibility index (Phi) is 13.8. The fourth-order valence-electron chi connectivity index (χ4n) is 5.52. The molecule has 5 aromatic rings. The number of pyridine rings is 2. The van der Waals surface area contributed by atoms with Crippen LogP contribution in [0, 0.1) is 12.3 Å². The Morgan fingerprint density at radius 2 is 1.60 bits per heavy atom. The number of aromatic nitrogens is 3. The van der Waals surface area contributed by atoms with E-state index in [1.54, 1.807) is 25.6 Å². The van der Waals surface area contributed by atoms with Crippen molar-refractivity contribution in [3.05, 3.63) is 102 Å². The van der Waals surface area contributed by atoms with Gasteiger partial charge in [-0.1, -0.05) is 65.0 Å². The summed E-state index contributed by atoms with van der Waals surface area (Å²) in [6.07, 6.45) is 3.99. The number of ether oxygens (including phenoxy) is 2. The SMILES string of the molecule is CCOc1ccc(-c2ccc(Cn3c(CC(C)(C)C(=O)[O-])c(SC(C)(C)C)c4cc(OCc5ccc(C)cn5)ccc43)cc2)cn1.C[N+](C)(C)CCO. The molecule has 0 saturated carbocycles. The van der Waals surface area contributed by atoms with E-state index in [1.165, 1.54) is 0 Å². The zero-order chi connectivity index (χ0) is 39.0. The van der Waals surface area contributed by atoms with Crippen LogP contribution in [0.4, 0.5) is 0 Å². The molecule has 0 atom stereocenters. The molecule has 0 fully saturated rings. The molecule has 10 heteroatoms. The van der Waals surface area contributed by atoms with E-state index in [-0.39, 0.29) is 11.4 Å². The number of rotatable bonds is 14. The average molecular weight is 741 g/mol. The molecule has 3 heterocycles. The minimum Gasteiger partial charge on any atom is -0.550 e. The van der Waals surface area contributed by atoms with Crippen molar-refractivity contribution in [1.29, 1.82) is 0 Å². The van der Waals surface area contributed by atoms with Crippen LogP contribution in [-0.4, -0.2) is 75.7 Å². The van der Waals surface area contributed by atoms with Gasteiger partial charge in [-0.15, -0.1) is 11.8 Å². The first-order chi connectivity index (χ1) is 24.9. The number of carboxylic acid groups (broad SMARTS) is 1. The van der Waals surface area contributed by atoms with Gasteiger partial charge in [0.25, 0.3) is 0 Å². The second-order valence-electron chi connectivity index (χ2n) is 16.0. The Labute approximate surface area is 319 Å². The summed E-state index contributed by atoms with van der Waals surface area (Å²) in [5.74, 6) is 0.277. The summed E-state index contributed by atoms with van der Waals surface area (Å²) >= 11 is 1.75. The molecule has 0 radical (unpaired) electrons. The lowest BCUT2D eigenvalue weighted by Gasteiger charge is -2.28. The summed E-state index contributed by atoms with van der Waals surface area (Å²) in [7, 11) is 6.16. The molecule has 1 N–H and O–H groups in total. The lowest BCUT2D eigenvalue weighted by molar-refractivity contribution is -0.870. The highest BCUT2D eigenvalue weighted by Crippen LogP contribution is 2.44. The Morgan fingerprint density at radius 1 is 0.906 bits per heavy atom. The van der Waals surface area contributed by atoms with Gasteiger partial charge in [0.05, 0.1) is 40.1 Å². The largest absolute Gasteiger partial charge is 0.550 e. The summed E-state index contributed by atoms with van der Waals surface area (Å²) in [6, 6.07) is 22.5. The highest BCUT2D eigenvalue weighted by atomic mass is 32.2. The number of aliphatic hydroxyl groups is 1. The van der Waals surface area contributed by atoms with E-state index >= 15 is 0 Å². The molecule has 0 aliphatic heterocycles.